The first-order chi connectivity index (χ1) is 9.22. The first kappa shape index (κ1) is 15.3. The van der Waals surface area contributed by atoms with Crippen LogP contribution < -0.4 is 34.4 Å². The fourth-order valence-corrected chi connectivity index (χ4v) is 1.53. The Labute approximate surface area is 118 Å². The molecule has 0 unspecified atom stereocenters. The van der Waals surface area contributed by atoms with Crippen LogP contribution >= 0.6 is 0 Å². The van der Waals surface area contributed by atoms with E-state index in [-0.39, 0.29) is 0 Å². The molecule has 0 aliphatic rings. The van der Waals surface area contributed by atoms with E-state index in [2.05, 4.69) is 0 Å². The summed E-state index contributed by atoms with van der Waals surface area (Å²) in [6, 6.07) is 6.88. The molecule has 0 amide bonds. The highest BCUT2D eigenvalue weighted by atomic mass is 14.7. The molecule has 12 N–H and O–H groups in total. The fourth-order valence-electron chi connectivity index (χ4n) is 1.53. The minimum absolute atomic E-state index is 0.465. The van der Waals surface area contributed by atoms with Crippen molar-refractivity contribution in [2.75, 3.05) is 34.4 Å². The summed E-state index contributed by atoms with van der Waals surface area (Å²) in [7, 11) is 0. The number of rotatable bonds is 0. The van der Waals surface area contributed by atoms with E-state index in [1.807, 2.05) is 26.0 Å². The van der Waals surface area contributed by atoms with Crippen molar-refractivity contribution in [3.63, 3.8) is 0 Å². The normalized spacial score (nSPS) is 9.70. The maximum Gasteiger partial charge on any atom is 0.0570 e. The third-order valence-electron chi connectivity index (χ3n) is 2.99. The zero-order valence-electron chi connectivity index (χ0n) is 11.8. The Kier molecular flexibility index (Phi) is 4.53. The van der Waals surface area contributed by atoms with Crippen molar-refractivity contribution in [1.29, 1.82) is 0 Å². The summed E-state index contributed by atoms with van der Waals surface area (Å²) < 4.78 is 0. The zero-order chi connectivity index (χ0) is 15.4. The number of nitrogen functional groups attached to an aromatic ring is 6. The van der Waals surface area contributed by atoms with Gasteiger partial charge in [0.05, 0.1) is 34.1 Å². The highest BCUT2D eigenvalue weighted by molar-refractivity contribution is 5.78. The maximum absolute atomic E-state index is 5.56. The molecule has 2 aromatic rings. The fraction of sp³-hybridized carbons (Fsp3) is 0.143. The highest BCUT2D eigenvalue weighted by Crippen LogP contribution is 2.24. The molecule has 0 saturated carbocycles. The van der Waals surface area contributed by atoms with Crippen LogP contribution in [0.25, 0.3) is 0 Å². The number of nitrogens with two attached hydrogens (primary N) is 6. The van der Waals surface area contributed by atoms with E-state index in [0.29, 0.717) is 34.1 Å². The molecule has 0 saturated heterocycles. The molecule has 6 nitrogen and oxygen atoms in total. The van der Waals surface area contributed by atoms with E-state index in [4.69, 9.17) is 34.4 Å². The van der Waals surface area contributed by atoms with E-state index < -0.39 is 0 Å². The first-order valence-corrected chi connectivity index (χ1v) is 6.04. The Balaban J connectivity index is 0.000000200. The predicted octanol–water partition coefficient (Wildman–Crippen LogP) is 1.48. The van der Waals surface area contributed by atoms with Crippen molar-refractivity contribution >= 4 is 34.1 Å². The van der Waals surface area contributed by atoms with E-state index >= 15 is 0 Å². The van der Waals surface area contributed by atoms with Gasteiger partial charge < -0.3 is 34.4 Å². The molecular formula is C14H22N6. The van der Waals surface area contributed by atoms with Crippen LogP contribution in [-0.4, -0.2) is 0 Å². The molecule has 0 radical (unpaired) electrons. The second-order valence-corrected chi connectivity index (χ2v) is 4.68. The van der Waals surface area contributed by atoms with Crippen LogP contribution in [0.2, 0.25) is 0 Å². The first-order valence-electron chi connectivity index (χ1n) is 6.04. The third-order valence-corrected chi connectivity index (χ3v) is 2.99. The summed E-state index contributed by atoms with van der Waals surface area (Å²) in [5, 5.41) is 0. The monoisotopic (exact) mass is 274 g/mol. The number of benzene rings is 2. The van der Waals surface area contributed by atoms with Gasteiger partial charge >= 0.3 is 0 Å². The number of anilines is 6. The second kappa shape index (κ2) is 5.92. The molecule has 0 fully saturated rings. The van der Waals surface area contributed by atoms with Gasteiger partial charge in [-0.05, 0) is 49.2 Å². The Bertz CT molecular complexity index is 466. The SMILES string of the molecule is Cc1cc(N)c(N)cc1C.Nc1cc(N)c(N)cc1N. The van der Waals surface area contributed by atoms with Crippen molar-refractivity contribution < 1.29 is 0 Å². The Hall–Kier alpha value is -2.76. The van der Waals surface area contributed by atoms with Crippen LogP contribution in [-0.2, 0) is 0 Å². The van der Waals surface area contributed by atoms with Gasteiger partial charge in [-0.25, -0.2) is 0 Å². The molecule has 0 spiro atoms. The molecule has 0 bridgehead atoms. The lowest BCUT2D eigenvalue weighted by Crippen LogP contribution is -2.00. The van der Waals surface area contributed by atoms with Crippen LogP contribution in [0.15, 0.2) is 24.3 Å². The summed E-state index contributed by atoms with van der Waals surface area (Å²) in [6.07, 6.45) is 0. The molecule has 2 rings (SSSR count). The molecule has 0 aliphatic carbocycles. The van der Waals surface area contributed by atoms with Gasteiger partial charge in [0.25, 0.3) is 0 Å². The summed E-state index contributed by atoms with van der Waals surface area (Å²) in [4.78, 5) is 0. The molecule has 2 aromatic carbocycles. The van der Waals surface area contributed by atoms with Gasteiger partial charge in [0.2, 0.25) is 0 Å². The topological polar surface area (TPSA) is 156 Å². The lowest BCUT2D eigenvalue weighted by atomic mass is 10.1. The average Bonchev–Trinajstić information content (AvgIpc) is 2.35. The van der Waals surface area contributed by atoms with E-state index in [1.54, 1.807) is 12.1 Å². The van der Waals surface area contributed by atoms with Crippen molar-refractivity contribution in [1.82, 2.24) is 0 Å². The number of hydrogen-bond donors (Lipinski definition) is 6. The quantitative estimate of drug-likeness (QED) is 0.399. The molecule has 20 heavy (non-hydrogen) atoms. The summed E-state index contributed by atoms with van der Waals surface area (Å²) >= 11 is 0. The molecule has 0 atom stereocenters. The molecule has 0 heterocycles. The van der Waals surface area contributed by atoms with Crippen molar-refractivity contribution in [3.8, 4) is 0 Å². The van der Waals surface area contributed by atoms with Gasteiger partial charge in [0, 0.05) is 0 Å². The van der Waals surface area contributed by atoms with Crippen LogP contribution in [0, 0.1) is 13.8 Å². The van der Waals surface area contributed by atoms with Gasteiger partial charge in [-0.1, -0.05) is 0 Å². The van der Waals surface area contributed by atoms with E-state index in [9.17, 15) is 0 Å². The van der Waals surface area contributed by atoms with Crippen LogP contribution in [0.1, 0.15) is 11.1 Å². The van der Waals surface area contributed by atoms with Gasteiger partial charge in [-0.2, -0.15) is 0 Å². The largest absolute Gasteiger partial charge is 0.397 e. The van der Waals surface area contributed by atoms with E-state index in [0.717, 1.165) is 0 Å². The highest BCUT2D eigenvalue weighted by Gasteiger charge is 1.98. The van der Waals surface area contributed by atoms with Crippen molar-refractivity contribution in [3.05, 3.63) is 35.4 Å². The van der Waals surface area contributed by atoms with E-state index in [1.165, 1.54) is 11.1 Å². The number of aryl methyl sites for hydroxylation is 2. The Morgan fingerprint density at radius 3 is 0.900 bits per heavy atom. The van der Waals surface area contributed by atoms with Gasteiger partial charge in [0.1, 0.15) is 0 Å². The average molecular weight is 274 g/mol. The molecule has 0 aromatic heterocycles. The van der Waals surface area contributed by atoms with Gasteiger partial charge in [0.15, 0.2) is 0 Å². The smallest absolute Gasteiger partial charge is 0.0570 e. The predicted molar refractivity (Wildman–Crippen MR) is 88.8 cm³/mol. The molecule has 0 aliphatic heterocycles. The molecular weight excluding hydrogens is 252 g/mol. The minimum atomic E-state index is 0.465. The summed E-state index contributed by atoms with van der Waals surface area (Å²) in [5.41, 5.74) is 38.4. The van der Waals surface area contributed by atoms with Crippen molar-refractivity contribution in [2.45, 2.75) is 13.8 Å². The zero-order valence-corrected chi connectivity index (χ0v) is 11.8. The standard InChI is InChI=1S/C8H12N2.C6H10N4/c1-5-3-7(9)8(10)4-6(5)2;7-3-1-4(8)6(10)2-5(3)9/h3-4H,9-10H2,1-2H3;1-2H,7-10H2. The molecule has 108 valence electrons. The summed E-state index contributed by atoms with van der Waals surface area (Å²) in [6.45, 7) is 4.04. The summed E-state index contributed by atoms with van der Waals surface area (Å²) in [5.74, 6) is 0. The Morgan fingerprint density at radius 2 is 0.650 bits per heavy atom. The lowest BCUT2D eigenvalue weighted by molar-refractivity contribution is 1.35. The van der Waals surface area contributed by atoms with Gasteiger partial charge in [-0.3, -0.25) is 0 Å². The lowest BCUT2D eigenvalue weighted by Gasteiger charge is -2.03. The van der Waals surface area contributed by atoms with Crippen molar-refractivity contribution in [2.24, 2.45) is 0 Å². The van der Waals surface area contributed by atoms with Crippen LogP contribution in [0.4, 0.5) is 34.1 Å². The van der Waals surface area contributed by atoms with Gasteiger partial charge in [-0.15, -0.1) is 0 Å². The van der Waals surface area contributed by atoms with Crippen LogP contribution in [0.5, 0.6) is 0 Å². The number of hydrogen-bond acceptors (Lipinski definition) is 6. The minimum Gasteiger partial charge on any atom is -0.397 e. The third kappa shape index (κ3) is 3.61. The second-order valence-electron chi connectivity index (χ2n) is 4.68. The maximum atomic E-state index is 5.56. The van der Waals surface area contributed by atoms with Crippen LogP contribution in [0.3, 0.4) is 0 Å². The Morgan fingerprint density at radius 1 is 0.450 bits per heavy atom. The molecule has 6 heteroatoms.